The number of benzene rings is 3. The van der Waals surface area contributed by atoms with Crippen LogP contribution in [0.4, 0.5) is 5.69 Å². The van der Waals surface area contributed by atoms with Gasteiger partial charge in [-0.2, -0.15) is 0 Å². The van der Waals surface area contributed by atoms with Crippen LogP contribution in [0.1, 0.15) is 5.56 Å². The van der Waals surface area contributed by atoms with E-state index < -0.39 is 0 Å². The Morgan fingerprint density at radius 3 is 2.60 bits per heavy atom. The molecule has 0 unspecified atom stereocenters. The van der Waals surface area contributed by atoms with Crippen molar-refractivity contribution in [3.8, 4) is 16.3 Å². The summed E-state index contributed by atoms with van der Waals surface area (Å²) in [6, 6.07) is 23.1. The van der Waals surface area contributed by atoms with E-state index in [2.05, 4.69) is 16.7 Å². The minimum absolute atomic E-state index is 0.115. The molecule has 4 aromatic rings. The fraction of sp³-hybridized carbons (Fsp3) is 0.0870. The summed E-state index contributed by atoms with van der Waals surface area (Å²) in [6.07, 6.45) is 0. The number of nitrogens with zero attached hydrogens (tertiary/aromatic N) is 1. The van der Waals surface area contributed by atoms with Crippen LogP contribution in [0.3, 0.4) is 0 Å². The molecule has 30 heavy (non-hydrogen) atoms. The van der Waals surface area contributed by atoms with Crippen molar-refractivity contribution in [2.75, 3.05) is 11.9 Å². The van der Waals surface area contributed by atoms with E-state index in [1.165, 1.54) is 0 Å². The van der Waals surface area contributed by atoms with E-state index >= 15 is 0 Å². The van der Waals surface area contributed by atoms with Crippen molar-refractivity contribution >= 4 is 50.5 Å². The van der Waals surface area contributed by atoms with Crippen molar-refractivity contribution in [3.05, 3.63) is 78.4 Å². The average molecular weight is 434 g/mol. The van der Waals surface area contributed by atoms with E-state index in [9.17, 15) is 4.79 Å². The van der Waals surface area contributed by atoms with Crippen LogP contribution in [0, 0.1) is 6.92 Å². The maximum atomic E-state index is 12.1. The largest absolute Gasteiger partial charge is 0.484 e. The smallest absolute Gasteiger partial charge is 0.264 e. The molecule has 0 radical (unpaired) electrons. The first-order chi connectivity index (χ1) is 14.6. The normalized spacial score (nSPS) is 10.6. The zero-order valence-corrected chi connectivity index (χ0v) is 17.8. The molecule has 0 saturated carbocycles. The fourth-order valence-electron chi connectivity index (χ4n) is 2.97. The highest BCUT2D eigenvalue weighted by molar-refractivity contribution is 7.80. The molecule has 7 heteroatoms. The highest BCUT2D eigenvalue weighted by Gasteiger charge is 2.13. The Kier molecular flexibility index (Phi) is 6.02. The summed E-state index contributed by atoms with van der Waals surface area (Å²) in [5.74, 6) is 0.308. The first-order valence-corrected chi connectivity index (χ1v) is 10.6. The Balaban J connectivity index is 1.42. The number of thiocarbonyl (C=S) groups is 1. The van der Waals surface area contributed by atoms with Gasteiger partial charge in [0.1, 0.15) is 10.8 Å². The summed E-state index contributed by atoms with van der Waals surface area (Å²) in [4.78, 5) is 16.9. The molecule has 0 bridgehead atoms. The lowest BCUT2D eigenvalue weighted by Crippen LogP contribution is -2.37. The SMILES string of the molecule is Cc1c(NC(=S)NC(=O)COc2ccccc2)cccc1-c1nc2ccccc2s1. The Hall–Kier alpha value is -3.29. The van der Waals surface area contributed by atoms with Gasteiger partial charge in [-0.25, -0.2) is 4.98 Å². The Labute approximate surface area is 183 Å². The van der Waals surface area contributed by atoms with Crippen LogP contribution in [0.2, 0.25) is 0 Å². The molecule has 150 valence electrons. The van der Waals surface area contributed by atoms with Crippen LogP contribution >= 0.6 is 23.6 Å². The molecule has 0 fully saturated rings. The van der Waals surface area contributed by atoms with Gasteiger partial charge in [-0.1, -0.05) is 42.5 Å². The summed E-state index contributed by atoms with van der Waals surface area (Å²) < 4.78 is 6.59. The molecule has 0 aliphatic heterocycles. The molecule has 1 amide bonds. The number of carbonyl (C=O) groups excluding carboxylic acids is 1. The predicted molar refractivity (Wildman–Crippen MR) is 126 cm³/mol. The van der Waals surface area contributed by atoms with Gasteiger partial charge in [0, 0.05) is 11.3 Å². The monoisotopic (exact) mass is 433 g/mol. The number of nitrogens with one attached hydrogen (secondary N) is 2. The maximum Gasteiger partial charge on any atom is 0.264 e. The Morgan fingerprint density at radius 2 is 1.80 bits per heavy atom. The fourth-order valence-corrected chi connectivity index (χ4v) is 4.24. The van der Waals surface area contributed by atoms with Gasteiger partial charge in [0.05, 0.1) is 10.2 Å². The number of para-hydroxylation sites is 2. The van der Waals surface area contributed by atoms with Crippen molar-refractivity contribution in [1.29, 1.82) is 0 Å². The second-order valence-electron chi connectivity index (χ2n) is 6.57. The summed E-state index contributed by atoms with van der Waals surface area (Å²) in [7, 11) is 0. The number of ether oxygens (including phenoxy) is 1. The number of aromatic nitrogens is 1. The van der Waals surface area contributed by atoms with E-state index in [0.717, 1.165) is 32.0 Å². The molecule has 4 rings (SSSR count). The van der Waals surface area contributed by atoms with E-state index in [0.29, 0.717) is 5.75 Å². The Morgan fingerprint density at radius 1 is 1.03 bits per heavy atom. The minimum Gasteiger partial charge on any atom is -0.484 e. The first-order valence-electron chi connectivity index (χ1n) is 9.34. The van der Waals surface area contributed by atoms with Gasteiger partial charge in [0.15, 0.2) is 11.7 Å². The molecule has 0 aliphatic carbocycles. The minimum atomic E-state index is -0.323. The van der Waals surface area contributed by atoms with Crippen molar-refractivity contribution < 1.29 is 9.53 Å². The molecule has 2 N–H and O–H groups in total. The van der Waals surface area contributed by atoms with Gasteiger partial charge in [0.25, 0.3) is 5.91 Å². The number of thiazole rings is 1. The lowest BCUT2D eigenvalue weighted by molar-refractivity contribution is -0.121. The topological polar surface area (TPSA) is 63.2 Å². The highest BCUT2D eigenvalue weighted by Crippen LogP contribution is 2.34. The predicted octanol–water partition coefficient (Wildman–Crippen LogP) is 5.16. The number of carbonyl (C=O) groups is 1. The van der Waals surface area contributed by atoms with Crippen LogP contribution in [0.5, 0.6) is 5.75 Å². The molecule has 0 spiro atoms. The average Bonchev–Trinajstić information content (AvgIpc) is 3.18. The van der Waals surface area contributed by atoms with E-state index in [1.54, 1.807) is 23.5 Å². The lowest BCUT2D eigenvalue weighted by Gasteiger charge is -2.14. The van der Waals surface area contributed by atoms with Gasteiger partial charge in [-0.15, -0.1) is 11.3 Å². The van der Waals surface area contributed by atoms with Crippen molar-refractivity contribution in [2.24, 2.45) is 0 Å². The maximum absolute atomic E-state index is 12.1. The molecular formula is C23H19N3O2S2. The van der Waals surface area contributed by atoms with Crippen LogP contribution in [-0.4, -0.2) is 22.6 Å². The molecule has 0 atom stereocenters. The summed E-state index contributed by atoms with van der Waals surface area (Å²) >= 11 is 6.95. The van der Waals surface area contributed by atoms with E-state index in [1.807, 2.05) is 61.5 Å². The van der Waals surface area contributed by atoms with Crippen LogP contribution in [0.15, 0.2) is 72.8 Å². The molecule has 5 nitrogen and oxygen atoms in total. The summed E-state index contributed by atoms with van der Waals surface area (Å²) in [6.45, 7) is 1.89. The quantitative estimate of drug-likeness (QED) is 0.426. The molecule has 0 saturated heterocycles. The zero-order chi connectivity index (χ0) is 20.9. The molecule has 1 aromatic heterocycles. The van der Waals surface area contributed by atoms with E-state index in [4.69, 9.17) is 21.9 Å². The lowest BCUT2D eigenvalue weighted by atomic mass is 10.1. The molecular weight excluding hydrogens is 414 g/mol. The van der Waals surface area contributed by atoms with Gasteiger partial charge in [-0.3, -0.25) is 10.1 Å². The third-order valence-corrected chi connectivity index (χ3v) is 5.75. The first kappa shape index (κ1) is 20.0. The summed E-state index contributed by atoms with van der Waals surface area (Å²) in [5, 5.41) is 6.93. The third kappa shape index (κ3) is 4.64. The van der Waals surface area contributed by atoms with Gasteiger partial charge < -0.3 is 10.1 Å². The number of hydrogen-bond donors (Lipinski definition) is 2. The number of fused-ring (bicyclic) bond motifs is 1. The second-order valence-corrected chi connectivity index (χ2v) is 8.01. The number of hydrogen-bond acceptors (Lipinski definition) is 5. The molecule has 0 aliphatic rings. The summed E-state index contributed by atoms with van der Waals surface area (Å²) in [5.41, 5.74) is 3.84. The molecule has 1 heterocycles. The van der Waals surface area contributed by atoms with E-state index in [-0.39, 0.29) is 17.6 Å². The number of anilines is 1. The van der Waals surface area contributed by atoms with Crippen LogP contribution in [0.25, 0.3) is 20.8 Å². The second kappa shape index (κ2) is 9.02. The van der Waals surface area contributed by atoms with Crippen LogP contribution in [-0.2, 0) is 4.79 Å². The van der Waals surface area contributed by atoms with Gasteiger partial charge >= 0.3 is 0 Å². The zero-order valence-electron chi connectivity index (χ0n) is 16.2. The Bertz CT molecular complexity index is 1170. The standard InChI is InChI=1S/C23H19N3O2S2/c1-15-17(22-24-19-11-5-6-13-20(19)30-22)10-7-12-18(15)25-23(29)26-21(27)14-28-16-8-3-2-4-9-16/h2-13H,14H2,1H3,(H2,25,26,27,29). The van der Waals surface area contributed by atoms with Gasteiger partial charge in [0.2, 0.25) is 0 Å². The van der Waals surface area contributed by atoms with Crippen molar-refractivity contribution in [1.82, 2.24) is 10.3 Å². The number of rotatable bonds is 5. The van der Waals surface area contributed by atoms with Crippen LogP contribution < -0.4 is 15.4 Å². The van der Waals surface area contributed by atoms with Gasteiger partial charge in [-0.05, 0) is 55.0 Å². The van der Waals surface area contributed by atoms with Crippen molar-refractivity contribution in [2.45, 2.75) is 6.92 Å². The highest BCUT2D eigenvalue weighted by atomic mass is 32.1. The third-order valence-electron chi connectivity index (χ3n) is 4.47. The van der Waals surface area contributed by atoms with Crippen molar-refractivity contribution in [3.63, 3.8) is 0 Å². The number of amides is 1. The molecule has 3 aromatic carbocycles.